The Morgan fingerprint density at radius 2 is 1.09 bits per heavy atom. The molecule has 2 aliphatic heterocycles. The van der Waals surface area contributed by atoms with Crippen LogP contribution in [-0.2, 0) is 5.41 Å². The first kappa shape index (κ1) is 30.4. The minimum Gasteiger partial charge on any atom is -0.457 e. The zero-order valence-corrected chi connectivity index (χ0v) is 29.5. The van der Waals surface area contributed by atoms with Crippen molar-refractivity contribution in [3.63, 3.8) is 0 Å². The fourth-order valence-corrected chi connectivity index (χ4v) is 9.18. The van der Waals surface area contributed by atoms with Crippen molar-refractivity contribution in [1.82, 2.24) is 9.13 Å². The maximum absolute atomic E-state index is 7.25. The molecule has 4 nitrogen and oxygen atoms in total. The van der Waals surface area contributed by atoms with Crippen LogP contribution >= 0.6 is 0 Å². The summed E-state index contributed by atoms with van der Waals surface area (Å²) >= 11 is 0. The van der Waals surface area contributed by atoms with E-state index in [4.69, 9.17) is 15.9 Å². The molecule has 0 atom stereocenters. The van der Waals surface area contributed by atoms with Crippen molar-refractivity contribution in [2.24, 2.45) is 0 Å². The minimum absolute atomic E-state index is 0.786. The van der Waals surface area contributed by atoms with Crippen LogP contribution in [0.5, 0.6) is 23.0 Å². The summed E-state index contributed by atoms with van der Waals surface area (Å²) in [4.78, 5) is 0. The van der Waals surface area contributed by atoms with Crippen molar-refractivity contribution in [2.75, 3.05) is 0 Å². The van der Waals surface area contributed by atoms with E-state index < -0.39 is 5.41 Å². The van der Waals surface area contributed by atoms with Gasteiger partial charge in [-0.25, -0.2) is 0 Å². The first-order valence-electron chi connectivity index (χ1n) is 18.2. The van der Waals surface area contributed by atoms with E-state index in [1.165, 1.54) is 10.8 Å². The van der Waals surface area contributed by atoms with Gasteiger partial charge in [0.05, 0.1) is 33.3 Å². The van der Waals surface area contributed by atoms with E-state index in [1.807, 2.05) is 18.2 Å². The van der Waals surface area contributed by atoms with Crippen LogP contribution in [0.15, 0.2) is 164 Å². The number of terminal acetylenes is 1. The standard InChI is InChI=1S/C50H32N2O2/c1-3-4-22-41-32(2)34-16-5-10-23-42(34)52(41)45-26-15-21-39-49(45)54-48-30-29-33(51-43-24-11-6-17-35(43)36-18-7-12-25-44(36)51)31-40(48)50(39)37-19-8-13-27-46(37)53-47-28-14-9-20-38(47)50/h1,4-31H,2H3/b22-4-. The number of hydrogen-bond donors (Lipinski definition) is 0. The fraction of sp³-hybridized carbons (Fsp3) is 0.0400. The number of allylic oxidation sites excluding steroid dienone is 1. The van der Waals surface area contributed by atoms with Gasteiger partial charge < -0.3 is 18.6 Å². The topological polar surface area (TPSA) is 28.3 Å². The number of hydrogen-bond acceptors (Lipinski definition) is 2. The third-order valence-corrected chi connectivity index (χ3v) is 11.4. The molecular formula is C50H32N2O2. The van der Waals surface area contributed by atoms with Gasteiger partial charge >= 0.3 is 0 Å². The molecule has 54 heavy (non-hydrogen) atoms. The Bertz CT molecular complexity index is 3000. The lowest BCUT2D eigenvalue weighted by atomic mass is 9.62. The summed E-state index contributed by atoms with van der Waals surface area (Å²) in [5.74, 6) is 5.93. The Kier molecular flexibility index (Phi) is 6.41. The second-order valence-corrected chi connectivity index (χ2v) is 14.0. The van der Waals surface area contributed by atoms with Crippen LogP contribution in [0.1, 0.15) is 33.5 Å². The van der Waals surface area contributed by atoms with E-state index in [-0.39, 0.29) is 0 Å². The Labute approximate surface area is 312 Å². The van der Waals surface area contributed by atoms with Crippen molar-refractivity contribution in [2.45, 2.75) is 12.3 Å². The lowest BCUT2D eigenvalue weighted by Gasteiger charge is -2.45. The van der Waals surface area contributed by atoms with Crippen molar-refractivity contribution in [1.29, 1.82) is 0 Å². The minimum atomic E-state index is -0.786. The quantitative estimate of drug-likeness (QED) is 0.172. The van der Waals surface area contributed by atoms with Crippen LogP contribution in [0.4, 0.5) is 0 Å². The van der Waals surface area contributed by atoms with E-state index in [9.17, 15) is 0 Å². The van der Waals surface area contributed by atoms with E-state index >= 15 is 0 Å². The molecule has 0 unspecified atom stereocenters. The molecule has 0 saturated carbocycles. The molecule has 0 aliphatic carbocycles. The monoisotopic (exact) mass is 692 g/mol. The molecule has 0 fully saturated rings. The van der Waals surface area contributed by atoms with Crippen molar-refractivity contribution in [3.8, 4) is 46.7 Å². The van der Waals surface area contributed by atoms with Gasteiger partial charge in [0, 0.05) is 44.1 Å². The normalized spacial score (nSPS) is 13.6. The molecule has 0 bridgehead atoms. The maximum atomic E-state index is 7.25. The number of benzene rings is 7. The summed E-state index contributed by atoms with van der Waals surface area (Å²) < 4.78 is 18.6. The Balaban J connectivity index is 1.27. The highest BCUT2D eigenvalue weighted by Crippen LogP contribution is 2.62. The second-order valence-electron chi connectivity index (χ2n) is 14.0. The molecule has 4 heteroatoms. The number of fused-ring (bicyclic) bond motifs is 12. The average Bonchev–Trinajstić information content (AvgIpc) is 3.71. The maximum Gasteiger partial charge on any atom is 0.156 e. The van der Waals surface area contributed by atoms with Crippen molar-refractivity contribution < 1.29 is 9.47 Å². The molecule has 9 aromatic rings. The molecule has 0 amide bonds. The fourth-order valence-electron chi connectivity index (χ4n) is 9.18. The predicted octanol–water partition coefficient (Wildman–Crippen LogP) is 12.3. The van der Waals surface area contributed by atoms with Crippen LogP contribution < -0.4 is 9.47 Å². The number of aryl methyl sites for hydroxylation is 1. The zero-order valence-electron chi connectivity index (χ0n) is 29.5. The van der Waals surface area contributed by atoms with Crippen LogP contribution in [0.25, 0.3) is 50.2 Å². The molecule has 0 N–H and O–H groups in total. The number of rotatable bonds is 3. The highest BCUT2D eigenvalue weighted by molar-refractivity contribution is 6.09. The average molecular weight is 693 g/mol. The lowest BCUT2D eigenvalue weighted by Crippen LogP contribution is -2.37. The van der Waals surface area contributed by atoms with Crippen LogP contribution in [0.2, 0.25) is 0 Å². The number of para-hydroxylation sites is 6. The molecule has 0 radical (unpaired) electrons. The SMILES string of the molecule is C#C/C=C\c1c(C)c2ccccc2n1-c1cccc2c1Oc1ccc(-n3c4ccccc4c4ccccc43)cc1C21c2ccccc2Oc2ccccc21. The van der Waals surface area contributed by atoms with Crippen LogP contribution in [-0.4, -0.2) is 9.13 Å². The second kappa shape index (κ2) is 11.4. The summed E-state index contributed by atoms with van der Waals surface area (Å²) in [6.07, 6.45) is 9.58. The molecule has 7 aromatic carbocycles. The molecule has 254 valence electrons. The van der Waals surface area contributed by atoms with Crippen molar-refractivity contribution in [3.05, 3.63) is 197 Å². The van der Waals surface area contributed by atoms with E-state index in [1.54, 1.807) is 6.08 Å². The zero-order chi connectivity index (χ0) is 36.0. The number of nitrogens with zero attached hydrogens (tertiary/aromatic N) is 2. The van der Waals surface area contributed by atoms with E-state index in [0.717, 1.165) is 89.8 Å². The molecule has 2 aliphatic rings. The van der Waals surface area contributed by atoms with E-state index in [0.29, 0.717) is 0 Å². The summed E-state index contributed by atoms with van der Waals surface area (Å²) in [6, 6.07) is 55.9. The highest BCUT2D eigenvalue weighted by atomic mass is 16.5. The van der Waals surface area contributed by atoms with Gasteiger partial charge in [0.2, 0.25) is 0 Å². The number of ether oxygens (including phenoxy) is 2. The summed E-state index contributed by atoms with van der Waals surface area (Å²) in [5, 5.41) is 3.60. The Morgan fingerprint density at radius 3 is 1.76 bits per heavy atom. The molecular weight excluding hydrogens is 661 g/mol. The number of aromatic nitrogens is 2. The third-order valence-electron chi connectivity index (χ3n) is 11.4. The summed E-state index contributed by atoms with van der Waals surface area (Å²) in [6.45, 7) is 2.16. The van der Waals surface area contributed by atoms with Gasteiger partial charge in [-0.3, -0.25) is 0 Å². The molecule has 0 saturated heterocycles. The van der Waals surface area contributed by atoms with Gasteiger partial charge in [0.1, 0.15) is 17.2 Å². The highest BCUT2D eigenvalue weighted by Gasteiger charge is 2.51. The third kappa shape index (κ3) is 3.98. The lowest BCUT2D eigenvalue weighted by molar-refractivity contribution is 0.398. The first-order chi connectivity index (χ1) is 26.7. The molecule has 4 heterocycles. The van der Waals surface area contributed by atoms with Crippen LogP contribution in [0.3, 0.4) is 0 Å². The van der Waals surface area contributed by atoms with Gasteiger partial charge in [-0.05, 0) is 79.2 Å². The van der Waals surface area contributed by atoms with Crippen molar-refractivity contribution >= 4 is 38.8 Å². The van der Waals surface area contributed by atoms with Gasteiger partial charge in [-0.2, -0.15) is 0 Å². The Morgan fingerprint density at radius 1 is 0.537 bits per heavy atom. The molecule has 2 aromatic heterocycles. The van der Waals surface area contributed by atoms with E-state index in [2.05, 4.69) is 168 Å². The molecule has 1 spiro atoms. The molecule has 11 rings (SSSR count). The smallest absolute Gasteiger partial charge is 0.156 e. The summed E-state index contributed by atoms with van der Waals surface area (Å²) in [5.41, 5.74) is 11.0. The first-order valence-corrected chi connectivity index (χ1v) is 18.2. The van der Waals surface area contributed by atoms with Gasteiger partial charge in [-0.1, -0.05) is 109 Å². The van der Waals surface area contributed by atoms with Gasteiger partial charge in [0.25, 0.3) is 0 Å². The predicted molar refractivity (Wildman–Crippen MR) is 219 cm³/mol. The summed E-state index contributed by atoms with van der Waals surface area (Å²) in [7, 11) is 0. The van der Waals surface area contributed by atoms with Gasteiger partial charge in [0.15, 0.2) is 5.75 Å². The van der Waals surface area contributed by atoms with Crippen LogP contribution in [0, 0.1) is 19.3 Å². The van der Waals surface area contributed by atoms with Gasteiger partial charge in [-0.15, -0.1) is 6.42 Å². The Hall–Kier alpha value is -7.22. The largest absolute Gasteiger partial charge is 0.457 e.